The van der Waals surface area contributed by atoms with Gasteiger partial charge in [-0.05, 0) is 41.3 Å². The van der Waals surface area contributed by atoms with Crippen molar-refractivity contribution in [1.29, 1.82) is 0 Å². The molecular formula is C18H24N2O. The summed E-state index contributed by atoms with van der Waals surface area (Å²) >= 11 is 0. The van der Waals surface area contributed by atoms with Gasteiger partial charge in [0.05, 0.1) is 6.61 Å². The first kappa shape index (κ1) is 14.5. The number of nitrogens with zero attached hydrogens (tertiary/aromatic N) is 1. The zero-order chi connectivity index (χ0) is 14.7. The first-order valence-electron chi connectivity index (χ1n) is 7.72. The number of rotatable bonds is 5. The minimum absolute atomic E-state index is 0.0795. The van der Waals surface area contributed by atoms with Crippen molar-refractivity contribution in [1.82, 2.24) is 4.90 Å². The molecular weight excluding hydrogens is 260 g/mol. The lowest BCUT2D eigenvalue weighted by molar-refractivity contribution is 0.152. The second-order valence-electron chi connectivity index (χ2n) is 6.08. The van der Waals surface area contributed by atoms with Crippen LogP contribution in [0.3, 0.4) is 0 Å². The molecule has 1 saturated heterocycles. The van der Waals surface area contributed by atoms with Crippen molar-refractivity contribution in [3.8, 4) is 0 Å². The third-order valence-electron chi connectivity index (χ3n) is 4.43. The lowest BCUT2D eigenvalue weighted by Gasteiger charge is -2.21. The number of nitrogens with two attached hydrogens (primary N) is 1. The molecule has 112 valence electrons. The highest BCUT2D eigenvalue weighted by atomic mass is 16.5. The summed E-state index contributed by atoms with van der Waals surface area (Å²) in [5.74, 6) is 0.666. The lowest BCUT2D eigenvalue weighted by Crippen LogP contribution is -2.31. The number of hydrogen-bond acceptors (Lipinski definition) is 3. The monoisotopic (exact) mass is 284 g/mol. The second kappa shape index (κ2) is 6.56. The van der Waals surface area contributed by atoms with Gasteiger partial charge in [0.25, 0.3) is 0 Å². The molecule has 0 bridgehead atoms. The summed E-state index contributed by atoms with van der Waals surface area (Å²) in [4.78, 5) is 2.46. The molecule has 0 spiro atoms. The third kappa shape index (κ3) is 3.43. The average Bonchev–Trinajstić information content (AvgIpc) is 2.94. The number of methoxy groups -OCH3 is 1. The van der Waals surface area contributed by atoms with Gasteiger partial charge >= 0.3 is 0 Å². The van der Waals surface area contributed by atoms with Crippen LogP contribution in [-0.2, 0) is 4.74 Å². The van der Waals surface area contributed by atoms with Crippen LogP contribution >= 0.6 is 0 Å². The van der Waals surface area contributed by atoms with E-state index in [4.69, 9.17) is 10.5 Å². The highest BCUT2D eigenvalue weighted by Crippen LogP contribution is 2.22. The number of hydrogen-bond donors (Lipinski definition) is 1. The molecule has 2 aromatic rings. The van der Waals surface area contributed by atoms with Crippen molar-refractivity contribution >= 4 is 10.8 Å². The van der Waals surface area contributed by atoms with Gasteiger partial charge in [0, 0.05) is 26.2 Å². The van der Waals surface area contributed by atoms with Crippen molar-refractivity contribution in [2.75, 3.05) is 33.4 Å². The first-order valence-corrected chi connectivity index (χ1v) is 7.72. The molecule has 21 heavy (non-hydrogen) atoms. The molecule has 0 aromatic heterocycles. The van der Waals surface area contributed by atoms with Gasteiger partial charge in [-0.15, -0.1) is 0 Å². The van der Waals surface area contributed by atoms with E-state index in [1.807, 2.05) is 0 Å². The van der Waals surface area contributed by atoms with Crippen LogP contribution in [0.2, 0.25) is 0 Å². The molecule has 1 heterocycles. The molecule has 0 radical (unpaired) electrons. The predicted octanol–water partition coefficient (Wildman–Crippen LogP) is 2.81. The molecule has 0 saturated carbocycles. The standard InChI is InChI=1S/C18H24N2O/c1-21-13-14-8-9-20(11-14)12-18(19)17-7-6-15-4-2-3-5-16(15)10-17/h2-7,10,14,18H,8-9,11-13,19H2,1H3. The fourth-order valence-electron chi connectivity index (χ4n) is 3.27. The van der Waals surface area contributed by atoms with Crippen LogP contribution in [0.25, 0.3) is 10.8 Å². The Morgan fingerprint density at radius 1 is 1.24 bits per heavy atom. The van der Waals surface area contributed by atoms with Crippen LogP contribution < -0.4 is 5.73 Å². The molecule has 3 heteroatoms. The molecule has 3 rings (SSSR count). The molecule has 1 aliphatic rings. The van der Waals surface area contributed by atoms with Gasteiger partial charge in [-0.25, -0.2) is 0 Å². The van der Waals surface area contributed by atoms with Crippen LogP contribution in [0.1, 0.15) is 18.0 Å². The zero-order valence-corrected chi connectivity index (χ0v) is 12.7. The third-order valence-corrected chi connectivity index (χ3v) is 4.43. The Morgan fingerprint density at radius 3 is 2.86 bits per heavy atom. The predicted molar refractivity (Wildman–Crippen MR) is 87.3 cm³/mol. The molecule has 1 aliphatic heterocycles. The van der Waals surface area contributed by atoms with E-state index in [-0.39, 0.29) is 6.04 Å². The van der Waals surface area contributed by atoms with Crippen molar-refractivity contribution in [3.05, 3.63) is 48.0 Å². The highest BCUT2D eigenvalue weighted by molar-refractivity contribution is 5.83. The topological polar surface area (TPSA) is 38.5 Å². The van der Waals surface area contributed by atoms with Gasteiger partial charge in [-0.3, -0.25) is 0 Å². The maximum Gasteiger partial charge on any atom is 0.0503 e. The zero-order valence-electron chi connectivity index (χ0n) is 12.7. The van der Waals surface area contributed by atoms with Gasteiger partial charge in [0.15, 0.2) is 0 Å². The van der Waals surface area contributed by atoms with Crippen molar-refractivity contribution < 1.29 is 4.74 Å². The van der Waals surface area contributed by atoms with Gasteiger partial charge in [0.2, 0.25) is 0 Å². The van der Waals surface area contributed by atoms with E-state index < -0.39 is 0 Å². The molecule has 1 fully saturated rings. The number of ether oxygens (including phenoxy) is 1. The van der Waals surface area contributed by atoms with Crippen molar-refractivity contribution in [3.63, 3.8) is 0 Å². The summed E-state index contributed by atoms with van der Waals surface area (Å²) in [6, 6.07) is 15.1. The van der Waals surface area contributed by atoms with Crippen LogP contribution in [0, 0.1) is 5.92 Å². The summed E-state index contributed by atoms with van der Waals surface area (Å²) in [7, 11) is 1.78. The van der Waals surface area contributed by atoms with E-state index in [9.17, 15) is 0 Å². The van der Waals surface area contributed by atoms with E-state index in [1.165, 1.54) is 22.8 Å². The smallest absolute Gasteiger partial charge is 0.0503 e. The highest BCUT2D eigenvalue weighted by Gasteiger charge is 2.23. The van der Waals surface area contributed by atoms with E-state index in [1.54, 1.807) is 7.11 Å². The molecule has 0 aliphatic carbocycles. The minimum Gasteiger partial charge on any atom is -0.384 e. The molecule has 3 nitrogen and oxygen atoms in total. The maximum atomic E-state index is 6.41. The van der Waals surface area contributed by atoms with Gasteiger partial charge in [-0.2, -0.15) is 0 Å². The normalized spacial score (nSPS) is 21.0. The Morgan fingerprint density at radius 2 is 2.05 bits per heavy atom. The fourth-order valence-corrected chi connectivity index (χ4v) is 3.27. The van der Waals surface area contributed by atoms with E-state index >= 15 is 0 Å². The molecule has 2 atom stereocenters. The van der Waals surface area contributed by atoms with Crippen LogP contribution in [0.4, 0.5) is 0 Å². The summed E-state index contributed by atoms with van der Waals surface area (Å²) in [6.45, 7) is 4.03. The maximum absolute atomic E-state index is 6.41. The Kier molecular flexibility index (Phi) is 4.54. The van der Waals surface area contributed by atoms with E-state index in [2.05, 4.69) is 47.4 Å². The average molecular weight is 284 g/mol. The van der Waals surface area contributed by atoms with Gasteiger partial charge < -0.3 is 15.4 Å². The molecule has 0 amide bonds. The molecule has 2 N–H and O–H groups in total. The van der Waals surface area contributed by atoms with Crippen LogP contribution in [-0.4, -0.2) is 38.3 Å². The number of benzene rings is 2. The minimum atomic E-state index is 0.0795. The van der Waals surface area contributed by atoms with Crippen LogP contribution in [0.15, 0.2) is 42.5 Å². The fraction of sp³-hybridized carbons (Fsp3) is 0.444. The Bertz CT molecular complexity index is 599. The quantitative estimate of drug-likeness (QED) is 0.917. The summed E-state index contributed by atoms with van der Waals surface area (Å²) < 4.78 is 5.25. The van der Waals surface area contributed by atoms with Gasteiger partial charge in [0.1, 0.15) is 0 Å². The van der Waals surface area contributed by atoms with Crippen molar-refractivity contribution in [2.24, 2.45) is 11.7 Å². The van der Waals surface area contributed by atoms with E-state index in [0.717, 1.165) is 26.2 Å². The first-order chi connectivity index (χ1) is 10.3. The summed E-state index contributed by atoms with van der Waals surface area (Å²) in [5, 5.41) is 2.54. The van der Waals surface area contributed by atoms with E-state index in [0.29, 0.717) is 5.92 Å². The van der Waals surface area contributed by atoms with Gasteiger partial charge in [-0.1, -0.05) is 36.4 Å². The van der Waals surface area contributed by atoms with Crippen LogP contribution in [0.5, 0.6) is 0 Å². The number of likely N-dealkylation sites (tertiary alicyclic amines) is 1. The molecule has 2 aromatic carbocycles. The second-order valence-corrected chi connectivity index (χ2v) is 6.08. The largest absolute Gasteiger partial charge is 0.384 e. The Balaban J connectivity index is 1.65. The Labute approximate surface area is 126 Å². The lowest BCUT2D eigenvalue weighted by atomic mass is 10.0. The summed E-state index contributed by atoms with van der Waals surface area (Å²) in [6.07, 6.45) is 1.22. The Hall–Kier alpha value is -1.42. The number of fused-ring (bicyclic) bond motifs is 1. The SMILES string of the molecule is COCC1CCN(CC(N)c2ccc3ccccc3c2)C1. The summed E-state index contributed by atoms with van der Waals surface area (Å²) in [5.41, 5.74) is 7.64. The van der Waals surface area contributed by atoms with Crippen molar-refractivity contribution in [2.45, 2.75) is 12.5 Å². The molecule has 2 unspecified atom stereocenters.